The zero-order chi connectivity index (χ0) is 17.7. The maximum Gasteiger partial charge on any atom is 0.417 e. The van der Waals surface area contributed by atoms with Crippen molar-refractivity contribution >= 4 is 22.0 Å². The molecule has 2 saturated heterocycles. The van der Waals surface area contributed by atoms with Crippen molar-refractivity contribution < 1.29 is 35.9 Å². The van der Waals surface area contributed by atoms with Crippen LogP contribution in [0.25, 0.3) is 0 Å². The number of imide groups is 1. The largest absolute Gasteiger partial charge is 0.439 e. The van der Waals surface area contributed by atoms with E-state index >= 15 is 0 Å². The van der Waals surface area contributed by atoms with Crippen molar-refractivity contribution in [1.82, 2.24) is 9.21 Å². The minimum atomic E-state index is -4.82. The number of benzene rings is 1. The number of cyclic esters (lactones) is 1. The zero-order valence-corrected chi connectivity index (χ0v) is 12.8. The summed E-state index contributed by atoms with van der Waals surface area (Å²) in [5.74, 6) is -0.599. The van der Waals surface area contributed by atoms with Crippen LogP contribution in [0, 0.1) is 0 Å². The predicted molar refractivity (Wildman–Crippen MR) is 72.2 cm³/mol. The average Bonchev–Trinajstić information content (AvgIpc) is 2.77. The summed E-state index contributed by atoms with van der Waals surface area (Å²) >= 11 is 0. The summed E-state index contributed by atoms with van der Waals surface area (Å²) in [6, 6.07) is 3.12. The number of hydrogen-bond donors (Lipinski definition) is 0. The number of amides is 2. The fraction of sp³-hybridized carbons (Fsp3) is 0.385. The van der Waals surface area contributed by atoms with Gasteiger partial charge in [-0.05, 0) is 12.1 Å². The second-order valence-corrected chi connectivity index (χ2v) is 7.19. The van der Waals surface area contributed by atoms with Gasteiger partial charge in [-0.2, -0.15) is 17.5 Å². The van der Waals surface area contributed by atoms with Crippen molar-refractivity contribution in [2.24, 2.45) is 0 Å². The van der Waals surface area contributed by atoms with Crippen LogP contribution in [0.4, 0.5) is 18.0 Å². The summed E-state index contributed by atoms with van der Waals surface area (Å²) in [4.78, 5) is 22.8. The summed E-state index contributed by atoms with van der Waals surface area (Å²) in [5.41, 5.74) is -1.26. The third kappa shape index (κ3) is 2.63. The van der Waals surface area contributed by atoms with Gasteiger partial charge < -0.3 is 4.74 Å². The quantitative estimate of drug-likeness (QED) is 0.801. The number of halogens is 3. The van der Waals surface area contributed by atoms with Crippen LogP contribution < -0.4 is 0 Å². The van der Waals surface area contributed by atoms with E-state index in [2.05, 4.69) is 4.74 Å². The molecule has 1 aromatic carbocycles. The lowest BCUT2D eigenvalue weighted by atomic mass is 10.1. The van der Waals surface area contributed by atoms with E-state index in [1.54, 1.807) is 0 Å². The first-order valence-electron chi connectivity index (χ1n) is 6.77. The number of nitrogens with zero attached hydrogens (tertiary/aromatic N) is 2. The molecule has 2 fully saturated rings. The van der Waals surface area contributed by atoms with Crippen LogP contribution in [0.1, 0.15) is 5.56 Å². The molecule has 0 radical (unpaired) electrons. The minimum Gasteiger partial charge on any atom is -0.439 e. The molecule has 2 aliphatic rings. The molecule has 11 heteroatoms. The zero-order valence-electron chi connectivity index (χ0n) is 12.0. The van der Waals surface area contributed by atoms with E-state index < -0.39 is 51.3 Å². The Bertz CT molecular complexity index is 786. The van der Waals surface area contributed by atoms with Crippen molar-refractivity contribution in [1.29, 1.82) is 0 Å². The highest BCUT2D eigenvalue weighted by Gasteiger charge is 2.48. The molecule has 2 heterocycles. The molecule has 0 atom stereocenters. The van der Waals surface area contributed by atoms with E-state index in [9.17, 15) is 31.2 Å². The van der Waals surface area contributed by atoms with Crippen molar-refractivity contribution in [3.05, 3.63) is 29.8 Å². The second kappa shape index (κ2) is 5.45. The Balaban J connectivity index is 1.82. The molecule has 0 bridgehead atoms. The molecule has 130 valence electrons. The molecule has 0 aromatic heterocycles. The van der Waals surface area contributed by atoms with Crippen molar-refractivity contribution in [3.8, 4) is 0 Å². The monoisotopic (exact) mass is 364 g/mol. The van der Waals surface area contributed by atoms with Gasteiger partial charge in [-0.1, -0.05) is 12.1 Å². The van der Waals surface area contributed by atoms with Crippen LogP contribution in [0.2, 0.25) is 0 Å². The SMILES string of the molecule is O=C1COC(=O)N1C1CN(S(=O)(=O)c2ccccc2C(F)(F)F)C1. The van der Waals surface area contributed by atoms with Crippen LogP contribution in [0.15, 0.2) is 29.2 Å². The van der Waals surface area contributed by atoms with E-state index in [-0.39, 0.29) is 13.1 Å². The van der Waals surface area contributed by atoms with Crippen molar-refractivity contribution in [3.63, 3.8) is 0 Å². The maximum atomic E-state index is 13.0. The van der Waals surface area contributed by atoms with Gasteiger partial charge >= 0.3 is 12.3 Å². The van der Waals surface area contributed by atoms with E-state index in [1.165, 1.54) is 6.07 Å². The van der Waals surface area contributed by atoms with E-state index in [4.69, 9.17) is 0 Å². The van der Waals surface area contributed by atoms with E-state index in [0.717, 1.165) is 21.3 Å². The van der Waals surface area contributed by atoms with E-state index in [1.807, 2.05) is 0 Å². The highest BCUT2D eigenvalue weighted by molar-refractivity contribution is 7.89. The summed E-state index contributed by atoms with van der Waals surface area (Å²) in [6.45, 7) is -0.955. The van der Waals surface area contributed by atoms with Crippen LogP contribution >= 0.6 is 0 Å². The first kappa shape index (κ1) is 16.7. The lowest BCUT2D eigenvalue weighted by molar-refractivity contribution is -0.140. The Kier molecular flexibility index (Phi) is 3.79. The maximum absolute atomic E-state index is 13.0. The van der Waals surface area contributed by atoms with Crippen molar-refractivity contribution in [2.75, 3.05) is 19.7 Å². The Morgan fingerprint density at radius 3 is 2.29 bits per heavy atom. The van der Waals surface area contributed by atoms with Gasteiger partial charge in [0.15, 0.2) is 6.61 Å². The van der Waals surface area contributed by atoms with Crippen LogP contribution in [-0.2, 0) is 25.7 Å². The molecule has 7 nitrogen and oxygen atoms in total. The smallest absolute Gasteiger partial charge is 0.417 e. The van der Waals surface area contributed by atoms with E-state index in [0.29, 0.717) is 6.07 Å². The number of sulfonamides is 1. The van der Waals surface area contributed by atoms with Crippen LogP contribution in [-0.4, -0.2) is 55.4 Å². The summed E-state index contributed by atoms with van der Waals surface area (Å²) < 4.78 is 69.1. The van der Waals surface area contributed by atoms with Gasteiger partial charge in [0.25, 0.3) is 5.91 Å². The van der Waals surface area contributed by atoms with Gasteiger partial charge in [0.2, 0.25) is 10.0 Å². The number of ether oxygens (including phenoxy) is 1. The highest BCUT2D eigenvalue weighted by Crippen LogP contribution is 2.36. The minimum absolute atomic E-state index is 0.268. The van der Waals surface area contributed by atoms with Gasteiger partial charge in [-0.3, -0.25) is 4.79 Å². The van der Waals surface area contributed by atoms with Gasteiger partial charge in [0.1, 0.15) is 0 Å². The Hall–Kier alpha value is -2.14. The van der Waals surface area contributed by atoms with Crippen molar-refractivity contribution in [2.45, 2.75) is 17.1 Å². The third-order valence-corrected chi connectivity index (χ3v) is 5.68. The normalized spacial score (nSPS) is 20.2. The molecule has 2 aliphatic heterocycles. The van der Waals surface area contributed by atoms with Crippen LogP contribution in [0.3, 0.4) is 0 Å². The standard InChI is InChI=1S/C13H11F3N2O5S/c14-13(15,16)9-3-1-2-4-10(9)24(21,22)17-5-8(6-17)18-11(19)7-23-12(18)20/h1-4,8H,5-7H2. The predicted octanol–water partition coefficient (Wildman–Crippen LogP) is 1.06. The fourth-order valence-corrected chi connectivity index (χ4v) is 4.29. The number of carbonyl (C=O) groups is 2. The Labute approximate surface area is 134 Å². The first-order chi connectivity index (χ1) is 11.1. The molecule has 0 aliphatic carbocycles. The highest BCUT2D eigenvalue weighted by atomic mass is 32.2. The summed E-state index contributed by atoms with van der Waals surface area (Å²) in [6.07, 6.45) is -5.69. The molecule has 0 N–H and O–H groups in total. The summed E-state index contributed by atoms with van der Waals surface area (Å²) in [7, 11) is -4.39. The number of alkyl halides is 3. The molecule has 0 saturated carbocycles. The van der Waals surface area contributed by atoms with Crippen LogP contribution in [0.5, 0.6) is 0 Å². The molecule has 2 amide bonds. The first-order valence-corrected chi connectivity index (χ1v) is 8.21. The number of rotatable bonds is 3. The Morgan fingerprint density at radius 2 is 1.75 bits per heavy atom. The average molecular weight is 364 g/mol. The van der Waals surface area contributed by atoms with Gasteiger partial charge in [0.05, 0.1) is 16.5 Å². The number of carbonyl (C=O) groups excluding carboxylic acids is 2. The lowest BCUT2D eigenvalue weighted by Crippen LogP contribution is -2.62. The second-order valence-electron chi connectivity index (χ2n) is 5.29. The molecule has 0 unspecified atom stereocenters. The summed E-state index contributed by atoms with van der Waals surface area (Å²) in [5, 5.41) is 0. The molecular formula is C13H11F3N2O5S. The fourth-order valence-electron chi connectivity index (χ4n) is 2.56. The topological polar surface area (TPSA) is 84.0 Å². The van der Waals surface area contributed by atoms with Gasteiger partial charge in [-0.15, -0.1) is 0 Å². The van der Waals surface area contributed by atoms with Gasteiger partial charge in [-0.25, -0.2) is 18.1 Å². The molecule has 0 spiro atoms. The molecular weight excluding hydrogens is 353 g/mol. The molecule has 1 aromatic rings. The number of hydrogen-bond acceptors (Lipinski definition) is 5. The molecule has 3 rings (SSSR count). The third-order valence-electron chi connectivity index (χ3n) is 3.79. The molecule has 24 heavy (non-hydrogen) atoms. The Morgan fingerprint density at radius 1 is 1.12 bits per heavy atom. The van der Waals surface area contributed by atoms with Gasteiger partial charge in [0, 0.05) is 13.1 Å². The lowest BCUT2D eigenvalue weighted by Gasteiger charge is -2.41.